The van der Waals surface area contributed by atoms with Crippen molar-refractivity contribution in [1.82, 2.24) is 10.2 Å². The van der Waals surface area contributed by atoms with Crippen LogP contribution in [-0.4, -0.2) is 24.9 Å². The van der Waals surface area contributed by atoms with E-state index in [4.69, 9.17) is 4.42 Å². The van der Waals surface area contributed by atoms with Crippen LogP contribution in [-0.2, 0) is 30.7 Å². The standard InChI is InChI=1S/C22H26N2O2/c1-4-16-9-10-20-19(15-26-21(20)11-16)12-22(25)23-13-17-7-5-6-8-18(17)14-24(2)3/h5-11,15H,4,12-14H2,1-3H3,(H,23,25). The van der Waals surface area contributed by atoms with Crippen LogP contribution >= 0.6 is 0 Å². The Kier molecular flexibility index (Phi) is 5.74. The highest BCUT2D eigenvalue weighted by molar-refractivity contribution is 5.87. The number of amides is 1. The number of nitrogens with one attached hydrogen (secondary N) is 1. The molecule has 0 saturated carbocycles. The number of aryl methyl sites for hydroxylation is 1. The summed E-state index contributed by atoms with van der Waals surface area (Å²) in [5, 5.41) is 4.06. The number of fused-ring (bicyclic) bond motifs is 1. The molecule has 4 heteroatoms. The second-order valence-electron chi connectivity index (χ2n) is 6.91. The Hall–Kier alpha value is -2.59. The van der Waals surface area contributed by atoms with Crippen LogP contribution < -0.4 is 5.32 Å². The van der Waals surface area contributed by atoms with Crippen molar-refractivity contribution in [3.05, 3.63) is 71.0 Å². The predicted molar refractivity (Wildman–Crippen MR) is 105 cm³/mol. The fourth-order valence-electron chi connectivity index (χ4n) is 3.14. The van der Waals surface area contributed by atoms with Gasteiger partial charge >= 0.3 is 0 Å². The van der Waals surface area contributed by atoms with Crippen LogP contribution in [0.5, 0.6) is 0 Å². The zero-order valence-electron chi connectivity index (χ0n) is 15.7. The summed E-state index contributed by atoms with van der Waals surface area (Å²) in [7, 11) is 4.09. The Bertz CT molecular complexity index is 896. The molecule has 1 aromatic heterocycles. The van der Waals surface area contributed by atoms with Gasteiger partial charge in [-0.1, -0.05) is 43.3 Å². The summed E-state index contributed by atoms with van der Waals surface area (Å²) in [4.78, 5) is 14.5. The maximum atomic E-state index is 12.4. The van der Waals surface area contributed by atoms with Crippen molar-refractivity contribution >= 4 is 16.9 Å². The van der Waals surface area contributed by atoms with E-state index < -0.39 is 0 Å². The van der Waals surface area contributed by atoms with Gasteiger partial charge in [-0.2, -0.15) is 0 Å². The molecule has 1 amide bonds. The lowest BCUT2D eigenvalue weighted by Gasteiger charge is -2.14. The van der Waals surface area contributed by atoms with Gasteiger partial charge in [0, 0.05) is 24.0 Å². The average molecular weight is 350 g/mol. The van der Waals surface area contributed by atoms with E-state index in [0.717, 1.165) is 35.1 Å². The molecular formula is C22H26N2O2. The van der Waals surface area contributed by atoms with Crippen molar-refractivity contribution in [2.75, 3.05) is 14.1 Å². The van der Waals surface area contributed by atoms with Gasteiger partial charge in [-0.15, -0.1) is 0 Å². The van der Waals surface area contributed by atoms with Gasteiger partial charge in [-0.3, -0.25) is 4.79 Å². The number of furan rings is 1. The van der Waals surface area contributed by atoms with E-state index in [2.05, 4.69) is 35.3 Å². The number of carbonyl (C=O) groups is 1. The van der Waals surface area contributed by atoms with Gasteiger partial charge in [-0.25, -0.2) is 0 Å². The summed E-state index contributed by atoms with van der Waals surface area (Å²) in [6, 6.07) is 14.4. The van der Waals surface area contributed by atoms with E-state index in [-0.39, 0.29) is 5.91 Å². The minimum absolute atomic E-state index is 0.00641. The molecule has 0 aliphatic heterocycles. The Morgan fingerprint density at radius 2 is 1.85 bits per heavy atom. The highest BCUT2D eigenvalue weighted by Gasteiger charge is 2.11. The summed E-state index contributed by atoms with van der Waals surface area (Å²) < 4.78 is 5.63. The average Bonchev–Trinajstić information content (AvgIpc) is 3.02. The molecule has 4 nitrogen and oxygen atoms in total. The highest BCUT2D eigenvalue weighted by Crippen LogP contribution is 2.23. The van der Waals surface area contributed by atoms with E-state index in [1.54, 1.807) is 6.26 Å². The Labute approximate surface area is 154 Å². The molecule has 0 spiro atoms. The quantitative estimate of drug-likeness (QED) is 0.702. The van der Waals surface area contributed by atoms with Crippen molar-refractivity contribution in [3.63, 3.8) is 0 Å². The number of carbonyl (C=O) groups excluding carboxylic acids is 1. The number of rotatable bonds is 7. The van der Waals surface area contributed by atoms with Gasteiger partial charge in [0.15, 0.2) is 0 Å². The number of hydrogen-bond acceptors (Lipinski definition) is 3. The largest absolute Gasteiger partial charge is 0.464 e. The number of benzene rings is 2. The lowest BCUT2D eigenvalue weighted by molar-refractivity contribution is -0.120. The van der Waals surface area contributed by atoms with E-state index in [1.165, 1.54) is 11.1 Å². The maximum Gasteiger partial charge on any atom is 0.224 e. The molecule has 0 radical (unpaired) electrons. The van der Waals surface area contributed by atoms with Gasteiger partial charge in [0.05, 0.1) is 12.7 Å². The van der Waals surface area contributed by atoms with Crippen LogP contribution in [0.15, 0.2) is 53.1 Å². The molecule has 136 valence electrons. The molecule has 0 atom stereocenters. The topological polar surface area (TPSA) is 45.5 Å². The second-order valence-corrected chi connectivity index (χ2v) is 6.91. The van der Waals surface area contributed by atoms with E-state index in [9.17, 15) is 4.79 Å². The fraction of sp³-hybridized carbons (Fsp3) is 0.318. The molecule has 0 fully saturated rings. The smallest absolute Gasteiger partial charge is 0.224 e. The number of nitrogens with zero attached hydrogens (tertiary/aromatic N) is 1. The summed E-state index contributed by atoms with van der Waals surface area (Å²) in [6.45, 7) is 3.52. The normalized spacial score (nSPS) is 11.2. The highest BCUT2D eigenvalue weighted by atomic mass is 16.3. The zero-order valence-corrected chi connectivity index (χ0v) is 15.7. The van der Waals surface area contributed by atoms with Gasteiger partial charge in [0.1, 0.15) is 5.58 Å². The maximum absolute atomic E-state index is 12.4. The third-order valence-electron chi connectivity index (χ3n) is 4.56. The molecular weight excluding hydrogens is 324 g/mol. The first-order valence-corrected chi connectivity index (χ1v) is 9.04. The van der Waals surface area contributed by atoms with Crippen LogP contribution in [0.2, 0.25) is 0 Å². The molecule has 3 aromatic rings. The molecule has 0 aliphatic rings. The molecule has 1 heterocycles. The number of hydrogen-bond donors (Lipinski definition) is 1. The van der Waals surface area contributed by atoms with E-state index in [1.807, 2.05) is 38.4 Å². The Morgan fingerprint density at radius 1 is 1.08 bits per heavy atom. The third kappa shape index (κ3) is 4.33. The van der Waals surface area contributed by atoms with Gasteiger partial charge in [0.2, 0.25) is 5.91 Å². The molecule has 26 heavy (non-hydrogen) atoms. The van der Waals surface area contributed by atoms with Crippen LogP contribution in [0.4, 0.5) is 0 Å². The van der Waals surface area contributed by atoms with Crippen molar-refractivity contribution in [2.24, 2.45) is 0 Å². The van der Waals surface area contributed by atoms with Crippen LogP contribution in [0, 0.1) is 0 Å². The molecule has 0 unspecified atom stereocenters. The van der Waals surface area contributed by atoms with Crippen LogP contribution in [0.1, 0.15) is 29.2 Å². The molecule has 2 aromatic carbocycles. The van der Waals surface area contributed by atoms with Crippen molar-refractivity contribution in [3.8, 4) is 0 Å². The van der Waals surface area contributed by atoms with Crippen molar-refractivity contribution < 1.29 is 9.21 Å². The Balaban J connectivity index is 1.65. The summed E-state index contributed by atoms with van der Waals surface area (Å²) in [6.07, 6.45) is 3.00. The zero-order chi connectivity index (χ0) is 18.5. The molecule has 0 aliphatic carbocycles. The monoisotopic (exact) mass is 350 g/mol. The van der Waals surface area contributed by atoms with Crippen LogP contribution in [0.25, 0.3) is 11.0 Å². The third-order valence-corrected chi connectivity index (χ3v) is 4.56. The van der Waals surface area contributed by atoms with Gasteiger partial charge in [0.25, 0.3) is 0 Å². The van der Waals surface area contributed by atoms with Crippen molar-refractivity contribution in [1.29, 1.82) is 0 Å². The first-order chi connectivity index (χ1) is 12.6. The van der Waals surface area contributed by atoms with Gasteiger partial charge < -0.3 is 14.6 Å². The molecule has 3 rings (SSSR count). The first kappa shape index (κ1) is 18.2. The summed E-state index contributed by atoms with van der Waals surface area (Å²) >= 11 is 0. The summed E-state index contributed by atoms with van der Waals surface area (Å²) in [5.74, 6) is 0.00641. The fourth-order valence-corrected chi connectivity index (χ4v) is 3.14. The first-order valence-electron chi connectivity index (χ1n) is 9.04. The SMILES string of the molecule is CCc1ccc2c(CC(=O)NCc3ccccc3CN(C)C)coc2c1. The van der Waals surface area contributed by atoms with E-state index >= 15 is 0 Å². The minimum atomic E-state index is 0.00641. The predicted octanol–water partition coefficient (Wildman–Crippen LogP) is 3.92. The summed E-state index contributed by atoms with van der Waals surface area (Å²) in [5.41, 5.74) is 5.41. The van der Waals surface area contributed by atoms with Gasteiger partial charge in [-0.05, 0) is 43.3 Å². The van der Waals surface area contributed by atoms with Crippen LogP contribution in [0.3, 0.4) is 0 Å². The molecule has 0 bridgehead atoms. The lowest BCUT2D eigenvalue weighted by atomic mass is 10.1. The van der Waals surface area contributed by atoms with Crippen molar-refractivity contribution in [2.45, 2.75) is 32.9 Å². The Morgan fingerprint density at radius 3 is 2.58 bits per heavy atom. The van der Waals surface area contributed by atoms with E-state index in [0.29, 0.717) is 13.0 Å². The second kappa shape index (κ2) is 8.19. The molecule has 0 saturated heterocycles. The lowest BCUT2D eigenvalue weighted by Crippen LogP contribution is -2.25. The minimum Gasteiger partial charge on any atom is -0.464 e. The molecule has 1 N–H and O–H groups in total.